The van der Waals surface area contributed by atoms with Crippen LogP contribution >= 0.6 is 0 Å². The third-order valence-electron chi connectivity index (χ3n) is 12.4. The summed E-state index contributed by atoms with van der Waals surface area (Å²) >= 11 is 0. The van der Waals surface area contributed by atoms with Gasteiger partial charge < -0.3 is 14.2 Å². The monoisotopic (exact) mass is 797 g/mol. The lowest BCUT2D eigenvalue weighted by Crippen LogP contribution is -2.28. The third-order valence-corrected chi connectivity index (χ3v) is 12.4. The Morgan fingerprint density at radius 3 is 1.56 bits per heavy atom. The first kappa shape index (κ1) is 30.8. The van der Waals surface area contributed by atoms with Crippen molar-refractivity contribution in [1.82, 2.24) is 0 Å². The van der Waals surface area contributed by atoms with Crippen LogP contribution in [0.3, 0.4) is 0 Å². The number of benzene rings is 10. The maximum Gasteiger partial charge on any atom is 0.135 e. The first-order valence-electron chi connectivity index (χ1n) is 23.3. The molecule has 0 fully saturated rings. The fourth-order valence-electron chi connectivity index (χ4n) is 9.72. The summed E-state index contributed by atoms with van der Waals surface area (Å²) in [7, 11) is 0. The third kappa shape index (κ3) is 5.59. The number of furan rings is 1. The number of hydrogen-bond donors (Lipinski definition) is 0. The van der Waals surface area contributed by atoms with E-state index in [0.29, 0.717) is 5.58 Å². The van der Waals surface area contributed by atoms with E-state index in [-0.39, 0.29) is 17.6 Å². The van der Waals surface area contributed by atoms with Gasteiger partial charge in [-0.2, -0.15) is 0 Å². The van der Waals surface area contributed by atoms with Crippen LogP contribution in [0.5, 0.6) is 0 Å². The van der Waals surface area contributed by atoms with Crippen molar-refractivity contribution in [3.05, 3.63) is 265 Å². The largest absolute Gasteiger partial charge is 0.456 e. The number of nitrogens with zero attached hydrogens (tertiary/aromatic N) is 2. The SMILES string of the molecule is [2H]c1c([2H])c([2H])c(C2(c3ccc4c(c3)oc3ccccc34)c3ccc(N(c4ccccc4)c4ccccc4)cc3-c3cc(N(c4ccccc4)c4cccc5ccccc45)ccc32)c([2H])c1[2H]. The molecular formula is C59H40N2O. The van der Waals surface area contributed by atoms with Crippen LogP contribution in [0.2, 0.25) is 0 Å². The van der Waals surface area contributed by atoms with E-state index >= 15 is 0 Å². The topological polar surface area (TPSA) is 19.6 Å². The van der Waals surface area contributed by atoms with Gasteiger partial charge in [-0.25, -0.2) is 0 Å². The molecule has 0 spiro atoms. The number of rotatable bonds is 8. The Labute approximate surface area is 368 Å². The van der Waals surface area contributed by atoms with Crippen molar-refractivity contribution < 1.29 is 11.3 Å². The summed E-state index contributed by atoms with van der Waals surface area (Å²) in [6.45, 7) is 0. The van der Waals surface area contributed by atoms with Gasteiger partial charge in [-0.15, -0.1) is 0 Å². The zero-order valence-electron chi connectivity index (χ0n) is 38.5. The van der Waals surface area contributed by atoms with E-state index in [2.05, 4.69) is 125 Å². The molecule has 1 aliphatic carbocycles. The summed E-state index contributed by atoms with van der Waals surface area (Å²) in [6.07, 6.45) is 0. The summed E-state index contributed by atoms with van der Waals surface area (Å²) in [5.74, 6) is 0. The molecule has 1 aromatic heterocycles. The molecule has 10 aromatic carbocycles. The summed E-state index contributed by atoms with van der Waals surface area (Å²) < 4.78 is 53.0. The minimum Gasteiger partial charge on any atom is -0.456 e. The highest BCUT2D eigenvalue weighted by molar-refractivity contribution is 6.06. The molecule has 62 heavy (non-hydrogen) atoms. The molecule has 12 rings (SSSR count). The number of anilines is 6. The number of hydrogen-bond acceptors (Lipinski definition) is 3. The highest BCUT2D eigenvalue weighted by Gasteiger charge is 2.47. The second kappa shape index (κ2) is 14.5. The van der Waals surface area contributed by atoms with Crippen LogP contribution in [0.4, 0.5) is 34.1 Å². The number of para-hydroxylation sites is 4. The maximum absolute atomic E-state index is 9.74. The first-order valence-corrected chi connectivity index (χ1v) is 20.8. The molecule has 0 saturated heterocycles. The lowest BCUT2D eigenvalue weighted by Gasteiger charge is -2.34. The van der Waals surface area contributed by atoms with E-state index in [0.717, 1.165) is 89.1 Å². The van der Waals surface area contributed by atoms with E-state index in [4.69, 9.17) is 8.53 Å². The van der Waals surface area contributed by atoms with Crippen molar-refractivity contribution >= 4 is 66.8 Å². The summed E-state index contributed by atoms with van der Waals surface area (Å²) in [5, 5.41) is 4.10. The Kier molecular flexibility index (Phi) is 7.23. The molecule has 0 bridgehead atoms. The van der Waals surface area contributed by atoms with Gasteiger partial charge >= 0.3 is 0 Å². The Hall–Kier alpha value is -8.14. The average Bonchev–Trinajstić information content (AvgIpc) is 3.89. The van der Waals surface area contributed by atoms with E-state index in [1.165, 1.54) is 0 Å². The Balaban J connectivity index is 1.21. The minimum absolute atomic E-state index is 0.173. The molecular weight excluding hydrogens is 753 g/mol. The van der Waals surface area contributed by atoms with Crippen LogP contribution in [-0.2, 0) is 5.41 Å². The second-order valence-electron chi connectivity index (χ2n) is 15.7. The van der Waals surface area contributed by atoms with Gasteiger partial charge in [-0.05, 0) is 118 Å². The van der Waals surface area contributed by atoms with Gasteiger partial charge in [-0.1, -0.05) is 164 Å². The van der Waals surface area contributed by atoms with E-state index < -0.39 is 23.5 Å². The van der Waals surface area contributed by atoms with Gasteiger partial charge in [-0.3, -0.25) is 0 Å². The van der Waals surface area contributed by atoms with Crippen molar-refractivity contribution in [2.24, 2.45) is 0 Å². The maximum atomic E-state index is 9.74. The average molecular weight is 798 g/mol. The van der Waals surface area contributed by atoms with Crippen LogP contribution in [0.1, 0.15) is 29.1 Å². The molecule has 3 nitrogen and oxygen atoms in total. The van der Waals surface area contributed by atoms with Crippen molar-refractivity contribution in [2.45, 2.75) is 5.41 Å². The molecule has 1 atom stereocenters. The quantitative estimate of drug-likeness (QED) is 0.153. The summed E-state index contributed by atoms with van der Waals surface area (Å²) in [6, 6.07) is 70.6. The molecule has 11 aromatic rings. The van der Waals surface area contributed by atoms with Crippen LogP contribution in [0.15, 0.2) is 247 Å². The second-order valence-corrected chi connectivity index (χ2v) is 15.7. The summed E-state index contributed by atoms with van der Waals surface area (Å²) in [4.78, 5) is 4.50. The van der Waals surface area contributed by atoms with Crippen molar-refractivity contribution in [3.8, 4) is 11.1 Å². The zero-order valence-corrected chi connectivity index (χ0v) is 33.5. The predicted octanol–water partition coefficient (Wildman–Crippen LogP) is 16.0. The van der Waals surface area contributed by atoms with E-state index in [1.54, 1.807) is 0 Å². The molecule has 1 heterocycles. The van der Waals surface area contributed by atoms with Gasteiger partial charge in [0, 0.05) is 44.6 Å². The molecule has 0 saturated carbocycles. The van der Waals surface area contributed by atoms with Gasteiger partial charge in [0.2, 0.25) is 0 Å². The fraction of sp³-hybridized carbons (Fsp3) is 0.0169. The van der Waals surface area contributed by atoms with E-state index in [9.17, 15) is 2.74 Å². The molecule has 292 valence electrons. The predicted molar refractivity (Wildman–Crippen MR) is 258 cm³/mol. The standard InChI is InChI=1S/C59H40N2O/c1-5-20-42(21-6-1)59(43-32-35-51-50-29-15-16-31-57(50)62-58(51)38-43)54-36-33-47(60(44-22-7-2-8-23-44)45-24-9-3-10-25-45)39-52(54)53-40-48(34-37-55(53)59)61(46-26-11-4-12-27-46)56-30-17-19-41-18-13-14-28-49(41)56/h1-40H/i1D,5D,6D,20D,21D. The molecule has 0 aliphatic heterocycles. The Morgan fingerprint density at radius 2 is 0.903 bits per heavy atom. The lowest BCUT2D eigenvalue weighted by molar-refractivity contribution is 0.665. The van der Waals surface area contributed by atoms with Gasteiger partial charge in [0.25, 0.3) is 0 Å². The van der Waals surface area contributed by atoms with Crippen LogP contribution in [-0.4, -0.2) is 0 Å². The molecule has 1 unspecified atom stereocenters. The van der Waals surface area contributed by atoms with E-state index in [1.807, 2.05) is 97.1 Å². The van der Waals surface area contributed by atoms with Gasteiger partial charge in [0.15, 0.2) is 0 Å². The molecule has 0 N–H and O–H groups in total. The number of fused-ring (bicyclic) bond motifs is 7. The van der Waals surface area contributed by atoms with Crippen LogP contribution in [0, 0.1) is 0 Å². The summed E-state index contributed by atoms with van der Waals surface area (Å²) in [5.41, 5.74) is 9.88. The first-order chi connectivity index (χ1) is 32.8. The molecule has 1 aliphatic rings. The normalized spacial score (nSPS) is 15.3. The molecule has 0 amide bonds. The minimum atomic E-state index is -1.40. The smallest absolute Gasteiger partial charge is 0.135 e. The fourth-order valence-corrected chi connectivity index (χ4v) is 9.72. The Morgan fingerprint density at radius 1 is 0.371 bits per heavy atom. The Bertz CT molecular complexity index is 3650. The van der Waals surface area contributed by atoms with Crippen molar-refractivity contribution in [2.75, 3.05) is 9.80 Å². The highest BCUT2D eigenvalue weighted by Crippen LogP contribution is 2.59. The van der Waals surface area contributed by atoms with Crippen LogP contribution in [0.25, 0.3) is 43.8 Å². The molecule has 0 radical (unpaired) electrons. The van der Waals surface area contributed by atoms with Crippen LogP contribution < -0.4 is 9.80 Å². The van der Waals surface area contributed by atoms with Crippen molar-refractivity contribution in [3.63, 3.8) is 0 Å². The zero-order chi connectivity index (χ0) is 45.4. The highest BCUT2D eigenvalue weighted by atomic mass is 16.3. The lowest BCUT2D eigenvalue weighted by atomic mass is 9.67. The van der Waals surface area contributed by atoms with Crippen molar-refractivity contribution in [1.29, 1.82) is 0 Å². The van der Waals surface area contributed by atoms with Gasteiger partial charge in [0.1, 0.15) is 11.2 Å². The molecule has 3 heteroatoms. The van der Waals surface area contributed by atoms with Gasteiger partial charge in [0.05, 0.1) is 18.0 Å².